The molecular formula is C42H26O. The lowest BCUT2D eigenvalue weighted by Gasteiger charge is -2.19. The molecule has 0 aliphatic carbocycles. The Bertz CT molecular complexity index is 3590. The van der Waals surface area contributed by atoms with Gasteiger partial charge >= 0.3 is 0 Å². The number of hydrogen-bond acceptors (Lipinski definition) is 1. The van der Waals surface area contributed by atoms with E-state index < -0.39 is 182 Å². The summed E-state index contributed by atoms with van der Waals surface area (Å²) in [6.07, 6.45) is 0. The Labute approximate surface area is 278 Å². The first-order valence-electron chi connectivity index (χ1n) is 23.6. The largest absolute Gasteiger partial charge is 0.456 e. The number of fused-ring (bicyclic) bond motifs is 6. The van der Waals surface area contributed by atoms with Crippen molar-refractivity contribution in [1.29, 1.82) is 0 Å². The van der Waals surface area contributed by atoms with Gasteiger partial charge in [-0.15, -0.1) is 0 Å². The molecule has 1 heterocycles. The third-order valence-electron chi connectivity index (χ3n) is 7.32. The molecule has 0 radical (unpaired) electrons. The second-order valence-corrected chi connectivity index (χ2v) is 9.63. The highest BCUT2D eigenvalue weighted by atomic mass is 16.3. The summed E-state index contributed by atoms with van der Waals surface area (Å²) in [6, 6.07) is -8.23. The van der Waals surface area contributed by atoms with E-state index in [0.29, 0.717) is 0 Å². The highest BCUT2D eigenvalue weighted by molar-refractivity contribution is 6.24. The minimum Gasteiger partial charge on any atom is -0.456 e. The molecule has 0 spiro atoms. The molecule has 1 heteroatoms. The number of para-hydroxylation sites is 1. The first kappa shape index (κ1) is 11.2. The molecule has 0 aliphatic rings. The van der Waals surface area contributed by atoms with Gasteiger partial charge in [0, 0.05) is 10.8 Å². The molecule has 43 heavy (non-hydrogen) atoms. The van der Waals surface area contributed by atoms with Gasteiger partial charge in [-0.25, -0.2) is 0 Å². The predicted molar refractivity (Wildman–Crippen MR) is 183 cm³/mol. The average molecular weight is 568 g/mol. The third kappa shape index (κ3) is 3.65. The van der Waals surface area contributed by atoms with E-state index in [1.807, 2.05) is 0 Å². The molecule has 1 aromatic heterocycles. The summed E-state index contributed by atoms with van der Waals surface area (Å²) >= 11 is 0. The van der Waals surface area contributed by atoms with Gasteiger partial charge in [-0.05, 0) is 83.8 Å². The number of benzene rings is 8. The van der Waals surface area contributed by atoms with Crippen molar-refractivity contribution in [3.05, 3.63) is 157 Å². The fraction of sp³-hybridized carbons (Fsp3) is 0. The maximum atomic E-state index is 9.48. The Hall–Kier alpha value is -5.66. The fourth-order valence-electron chi connectivity index (χ4n) is 5.51. The van der Waals surface area contributed by atoms with Gasteiger partial charge in [-0.1, -0.05) is 139 Å². The summed E-state index contributed by atoms with van der Waals surface area (Å²) in [5.41, 5.74) is -3.07. The molecule has 0 atom stereocenters. The zero-order chi connectivity index (χ0) is 46.6. The molecular weight excluding hydrogens is 520 g/mol. The molecule has 200 valence electrons. The van der Waals surface area contributed by atoms with E-state index in [1.165, 1.54) is 0 Å². The van der Waals surface area contributed by atoms with Gasteiger partial charge in [-0.3, -0.25) is 0 Å². The predicted octanol–water partition coefficient (Wildman–Crippen LogP) is 12.0. The summed E-state index contributed by atoms with van der Waals surface area (Å²) < 4.78 is 195. The molecule has 8 aromatic carbocycles. The van der Waals surface area contributed by atoms with Crippen LogP contribution in [-0.4, -0.2) is 0 Å². The van der Waals surface area contributed by atoms with Crippen LogP contribution in [0.1, 0.15) is 28.8 Å². The van der Waals surface area contributed by atoms with Crippen molar-refractivity contribution in [2.24, 2.45) is 0 Å². The van der Waals surface area contributed by atoms with Crippen LogP contribution in [0.15, 0.2) is 162 Å². The zero-order valence-corrected chi connectivity index (χ0v) is 21.8. The monoisotopic (exact) mass is 567 g/mol. The van der Waals surface area contributed by atoms with Gasteiger partial charge in [0.05, 0.1) is 28.8 Å². The van der Waals surface area contributed by atoms with Gasteiger partial charge in [0.25, 0.3) is 0 Å². The molecule has 9 rings (SSSR count). The van der Waals surface area contributed by atoms with Crippen LogP contribution < -0.4 is 0 Å². The van der Waals surface area contributed by atoms with Gasteiger partial charge < -0.3 is 4.42 Å². The van der Waals surface area contributed by atoms with Crippen molar-refractivity contribution in [2.45, 2.75) is 0 Å². The van der Waals surface area contributed by atoms with E-state index in [2.05, 4.69) is 0 Å². The summed E-state index contributed by atoms with van der Waals surface area (Å²) in [5, 5.41) is -3.29. The Kier molecular flexibility index (Phi) is 2.46. The van der Waals surface area contributed by atoms with Gasteiger partial charge in [0.2, 0.25) is 0 Å². The van der Waals surface area contributed by atoms with E-state index >= 15 is 0 Å². The summed E-state index contributed by atoms with van der Waals surface area (Å²) in [6.45, 7) is 0. The Morgan fingerprint density at radius 3 is 1.60 bits per heavy atom. The summed E-state index contributed by atoms with van der Waals surface area (Å²) in [4.78, 5) is 0. The van der Waals surface area contributed by atoms with Gasteiger partial charge in [0.1, 0.15) is 11.2 Å². The van der Waals surface area contributed by atoms with Crippen molar-refractivity contribution in [3.8, 4) is 33.4 Å². The minimum absolute atomic E-state index is 0.0342. The van der Waals surface area contributed by atoms with Crippen molar-refractivity contribution in [1.82, 2.24) is 0 Å². The van der Waals surface area contributed by atoms with Crippen molar-refractivity contribution in [2.75, 3.05) is 0 Å². The van der Waals surface area contributed by atoms with Crippen molar-refractivity contribution < 1.29 is 33.2 Å². The number of hydrogen-bond donors (Lipinski definition) is 0. The molecule has 0 N–H and O–H groups in total. The standard InChI is InChI=1S/C42H26O/c1-2-12-27(13-3-1)41-34-15-4-6-17-36(34)42(37-18-7-5-16-35(37)41)33-22-11-20-30-29(19-10-21-31(30)33)28-24-25-40-38(26-28)32-14-8-9-23-39(32)43-40/h1-26H/i4D,5D,6D,7D,8D,9D,10D,11D,14D,15D,16D,17D,18D,19D,20D,21D,22D,23D,24D,25D,26D. The second kappa shape index (κ2) is 9.44. The Morgan fingerprint density at radius 2 is 0.907 bits per heavy atom. The van der Waals surface area contributed by atoms with Gasteiger partial charge in [-0.2, -0.15) is 0 Å². The molecule has 0 bridgehead atoms. The minimum atomic E-state index is -0.928. The van der Waals surface area contributed by atoms with E-state index in [1.54, 1.807) is 30.3 Å². The fourth-order valence-corrected chi connectivity index (χ4v) is 5.51. The van der Waals surface area contributed by atoms with Crippen LogP contribution in [0.2, 0.25) is 0 Å². The lowest BCUT2D eigenvalue weighted by molar-refractivity contribution is 0.669. The average Bonchev–Trinajstić information content (AvgIpc) is 3.70. The smallest absolute Gasteiger partial charge is 0.135 e. The van der Waals surface area contributed by atoms with Crippen LogP contribution in [-0.2, 0) is 0 Å². The molecule has 0 aliphatic heterocycles. The zero-order valence-electron chi connectivity index (χ0n) is 42.8. The third-order valence-corrected chi connectivity index (χ3v) is 7.32. The van der Waals surface area contributed by atoms with Crippen LogP contribution in [0.5, 0.6) is 0 Å². The molecule has 0 fully saturated rings. The van der Waals surface area contributed by atoms with Crippen molar-refractivity contribution >= 4 is 54.3 Å². The number of furan rings is 1. The lowest BCUT2D eigenvalue weighted by atomic mass is 9.84. The Morgan fingerprint density at radius 1 is 0.372 bits per heavy atom. The maximum Gasteiger partial charge on any atom is 0.135 e. The van der Waals surface area contributed by atoms with Crippen LogP contribution in [0.3, 0.4) is 0 Å². The highest BCUT2D eigenvalue weighted by Gasteiger charge is 2.18. The Balaban J connectivity index is 1.61. The molecule has 0 unspecified atom stereocenters. The maximum absolute atomic E-state index is 9.48. The van der Waals surface area contributed by atoms with Crippen LogP contribution in [0, 0.1) is 0 Å². The summed E-state index contributed by atoms with van der Waals surface area (Å²) in [5.74, 6) is 0. The summed E-state index contributed by atoms with van der Waals surface area (Å²) in [7, 11) is 0. The highest BCUT2D eigenvalue weighted by Crippen LogP contribution is 2.46. The van der Waals surface area contributed by atoms with Gasteiger partial charge in [0.15, 0.2) is 0 Å². The SMILES string of the molecule is [2H]c1c([2H])c([2H])c2c(oc3c([2H])c([2H])c(-c4c([2H])c([2H])c([2H])c5c(-c6c7c([2H])c([2H])c([2H])c([2H])c7c(-c7ccccc7)c7c([2H])c([2H])c([2H])c([2H])c67)c([2H])c([2H])c([2H])c45)c([2H])c32)c1[2H]. The molecule has 1 nitrogen and oxygen atoms in total. The van der Waals surface area contributed by atoms with Crippen LogP contribution in [0.4, 0.5) is 0 Å². The van der Waals surface area contributed by atoms with Crippen LogP contribution >= 0.6 is 0 Å². The van der Waals surface area contributed by atoms with E-state index in [0.717, 1.165) is 0 Å². The topological polar surface area (TPSA) is 13.1 Å². The molecule has 9 aromatic rings. The molecule has 0 saturated heterocycles. The van der Waals surface area contributed by atoms with Crippen molar-refractivity contribution in [3.63, 3.8) is 0 Å². The quantitative estimate of drug-likeness (QED) is 0.194. The lowest BCUT2D eigenvalue weighted by Crippen LogP contribution is -1.92. The van der Waals surface area contributed by atoms with E-state index in [4.69, 9.17) is 18.1 Å². The van der Waals surface area contributed by atoms with E-state index in [9.17, 15) is 15.1 Å². The molecule has 0 amide bonds. The first-order chi connectivity index (χ1) is 30.1. The van der Waals surface area contributed by atoms with Crippen LogP contribution in [0.25, 0.3) is 87.6 Å². The second-order valence-electron chi connectivity index (χ2n) is 9.63. The normalized spacial score (nSPS) is 18.6. The number of rotatable bonds is 3. The van der Waals surface area contributed by atoms with E-state index in [-0.39, 0.29) is 32.7 Å². The molecule has 0 saturated carbocycles. The first-order valence-corrected chi connectivity index (χ1v) is 13.1.